The molecule has 1 saturated heterocycles. The maximum absolute atomic E-state index is 12.2. The van der Waals surface area contributed by atoms with Crippen LogP contribution in [0.15, 0.2) is 30.9 Å². The summed E-state index contributed by atoms with van der Waals surface area (Å²) >= 11 is 0. The van der Waals surface area contributed by atoms with Gasteiger partial charge in [0, 0.05) is 64.1 Å². The van der Waals surface area contributed by atoms with Crippen LogP contribution in [0.4, 0.5) is 0 Å². The molecule has 1 aliphatic rings. The van der Waals surface area contributed by atoms with Gasteiger partial charge in [0.25, 0.3) is 0 Å². The van der Waals surface area contributed by atoms with Gasteiger partial charge in [-0.25, -0.2) is 4.98 Å². The molecule has 1 fully saturated rings. The Kier molecular flexibility index (Phi) is 4.53. The van der Waals surface area contributed by atoms with E-state index in [1.807, 2.05) is 36.5 Å². The highest BCUT2D eigenvalue weighted by Gasteiger charge is 2.21. The second-order valence-corrected chi connectivity index (χ2v) is 5.59. The summed E-state index contributed by atoms with van der Waals surface area (Å²) in [6, 6.07) is 1.84. The van der Waals surface area contributed by atoms with Crippen molar-refractivity contribution in [3.63, 3.8) is 0 Å². The lowest BCUT2D eigenvalue weighted by Crippen LogP contribution is -2.50. The first-order valence-electron chi connectivity index (χ1n) is 7.67. The SMILES string of the molecule is Cc1nccn1CCN1CCN(C(=O)Cn2cccn2)CC1. The third kappa shape index (κ3) is 3.54. The molecule has 0 spiro atoms. The standard InChI is InChI=1S/C15H22N6O/c1-14-16-4-6-19(14)10-7-18-8-11-20(12-9-18)15(22)13-21-5-2-3-17-21/h2-6H,7-13H2,1H3. The monoisotopic (exact) mass is 302 g/mol. The average molecular weight is 302 g/mol. The summed E-state index contributed by atoms with van der Waals surface area (Å²) < 4.78 is 3.84. The van der Waals surface area contributed by atoms with Gasteiger partial charge in [0.15, 0.2) is 0 Å². The number of imidazole rings is 1. The van der Waals surface area contributed by atoms with Crippen molar-refractivity contribution in [3.8, 4) is 0 Å². The molecular formula is C15H22N6O. The first-order valence-corrected chi connectivity index (χ1v) is 7.67. The third-order valence-corrected chi connectivity index (χ3v) is 4.16. The van der Waals surface area contributed by atoms with Gasteiger partial charge >= 0.3 is 0 Å². The van der Waals surface area contributed by atoms with Crippen molar-refractivity contribution >= 4 is 5.91 Å². The summed E-state index contributed by atoms with van der Waals surface area (Å²) in [7, 11) is 0. The summed E-state index contributed by atoms with van der Waals surface area (Å²) in [6.45, 7) is 7.75. The lowest BCUT2D eigenvalue weighted by molar-refractivity contribution is -0.133. The highest BCUT2D eigenvalue weighted by molar-refractivity contribution is 5.76. The number of aryl methyl sites for hydroxylation is 1. The highest BCUT2D eigenvalue weighted by Crippen LogP contribution is 2.04. The van der Waals surface area contributed by atoms with Gasteiger partial charge in [0.2, 0.25) is 5.91 Å². The largest absolute Gasteiger partial charge is 0.339 e. The van der Waals surface area contributed by atoms with Crippen LogP contribution in [0.2, 0.25) is 0 Å². The lowest BCUT2D eigenvalue weighted by Gasteiger charge is -2.34. The molecule has 0 radical (unpaired) electrons. The molecule has 1 aliphatic heterocycles. The zero-order valence-corrected chi connectivity index (χ0v) is 12.9. The molecule has 1 amide bonds. The second kappa shape index (κ2) is 6.74. The molecule has 0 saturated carbocycles. The molecule has 118 valence electrons. The Morgan fingerprint density at radius 1 is 1.14 bits per heavy atom. The minimum atomic E-state index is 0.147. The van der Waals surface area contributed by atoms with Crippen LogP contribution in [0.1, 0.15) is 5.82 Å². The van der Waals surface area contributed by atoms with E-state index >= 15 is 0 Å². The quantitative estimate of drug-likeness (QED) is 0.793. The Morgan fingerprint density at radius 3 is 2.59 bits per heavy atom. The van der Waals surface area contributed by atoms with Crippen LogP contribution in [-0.4, -0.2) is 67.8 Å². The molecular weight excluding hydrogens is 280 g/mol. The van der Waals surface area contributed by atoms with Crippen molar-refractivity contribution in [1.82, 2.24) is 29.1 Å². The summed E-state index contributed by atoms with van der Waals surface area (Å²) in [4.78, 5) is 20.8. The predicted octanol–water partition coefficient (Wildman–Crippen LogP) is 0.232. The Morgan fingerprint density at radius 2 is 1.95 bits per heavy atom. The van der Waals surface area contributed by atoms with E-state index in [4.69, 9.17) is 0 Å². The number of hydrogen-bond donors (Lipinski definition) is 0. The van der Waals surface area contributed by atoms with Crippen LogP contribution in [-0.2, 0) is 17.9 Å². The molecule has 3 heterocycles. The Balaban J connectivity index is 1.42. The first-order chi connectivity index (χ1) is 10.7. The van der Waals surface area contributed by atoms with E-state index in [0.717, 1.165) is 45.1 Å². The molecule has 0 atom stereocenters. The van der Waals surface area contributed by atoms with E-state index in [-0.39, 0.29) is 5.91 Å². The van der Waals surface area contributed by atoms with Crippen LogP contribution in [0.3, 0.4) is 0 Å². The number of amides is 1. The van der Waals surface area contributed by atoms with E-state index in [1.54, 1.807) is 10.9 Å². The number of carbonyl (C=O) groups excluding carboxylic acids is 1. The van der Waals surface area contributed by atoms with Crippen molar-refractivity contribution in [3.05, 3.63) is 36.7 Å². The summed E-state index contributed by atoms with van der Waals surface area (Å²) in [5.74, 6) is 1.20. The Labute approximate surface area is 130 Å². The van der Waals surface area contributed by atoms with Crippen LogP contribution in [0.25, 0.3) is 0 Å². The second-order valence-electron chi connectivity index (χ2n) is 5.59. The molecule has 0 N–H and O–H groups in total. The first kappa shape index (κ1) is 14.8. The fraction of sp³-hybridized carbons (Fsp3) is 0.533. The van der Waals surface area contributed by atoms with E-state index in [1.165, 1.54) is 0 Å². The fourth-order valence-electron chi connectivity index (χ4n) is 2.74. The van der Waals surface area contributed by atoms with Gasteiger partial charge in [0.05, 0.1) is 0 Å². The van der Waals surface area contributed by atoms with Crippen molar-refractivity contribution in [1.29, 1.82) is 0 Å². The topological polar surface area (TPSA) is 59.2 Å². The minimum absolute atomic E-state index is 0.147. The lowest BCUT2D eigenvalue weighted by atomic mass is 10.3. The van der Waals surface area contributed by atoms with E-state index < -0.39 is 0 Å². The Bertz CT molecular complexity index is 597. The summed E-state index contributed by atoms with van der Waals surface area (Å²) in [5, 5.41) is 4.08. The number of piperazine rings is 1. The van der Waals surface area contributed by atoms with Gasteiger partial charge in [-0.3, -0.25) is 14.4 Å². The van der Waals surface area contributed by atoms with Gasteiger partial charge in [-0.1, -0.05) is 0 Å². The van der Waals surface area contributed by atoms with Gasteiger partial charge in [-0.15, -0.1) is 0 Å². The number of nitrogens with zero attached hydrogens (tertiary/aromatic N) is 6. The van der Waals surface area contributed by atoms with Gasteiger partial charge < -0.3 is 9.47 Å². The van der Waals surface area contributed by atoms with Crippen molar-refractivity contribution in [2.24, 2.45) is 0 Å². The molecule has 7 nitrogen and oxygen atoms in total. The van der Waals surface area contributed by atoms with Crippen molar-refractivity contribution < 1.29 is 4.79 Å². The third-order valence-electron chi connectivity index (χ3n) is 4.16. The molecule has 0 aromatic carbocycles. The number of aromatic nitrogens is 4. The van der Waals surface area contributed by atoms with Gasteiger partial charge in [-0.2, -0.15) is 5.10 Å². The Hall–Kier alpha value is -2.15. The number of rotatable bonds is 5. The molecule has 0 aliphatic carbocycles. The number of hydrogen-bond acceptors (Lipinski definition) is 4. The van der Waals surface area contributed by atoms with Crippen LogP contribution in [0, 0.1) is 6.92 Å². The van der Waals surface area contributed by atoms with Gasteiger partial charge in [-0.05, 0) is 13.0 Å². The minimum Gasteiger partial charge on any atom is -0.339 e. The summed E-state index contributed by atoms with van der Waals surface area (Å²) in [5.41, 5.74) is 0. The molecule has 3 rings (SSSR count). The smallest absolute Gasteiger partial charge is 0.244 e. The van der Waals surface area contributed by atoms with Crippen molar-refractivity contribution in [2.45, 2.75) is 20.0 Å². The molecule has 7 heteroatoms. The van der Waals surface area contributed by atoms with Gasteiger partial charge in [0.1, 0.15) is 12.4 Å². The zero-order valence-electron chi connectivity index (χ0n) is 12.9. The van der Waals surface area contributed by atoms with Crippen molar-refractivity contribution in [2.75, 3.05) is 32.7 Å². The normalized spacial score (nSPS) is 16.1. The maximum Gasteiger partial charge on any atom is 0.244 e. The van der Waals surface area contributed by atoms with E-state index in [2.05, 4.69) is 19.5 Å². The molecule has 0 bridgehead atoms. The zero-order chi connectivity index (χ0) is 15.4. The highest BCUT2D eigenvalue weighted by atomic mass is 16.2. The molecule has 2 aromatic rings. The molecule has 22 heavy (non-hydrogen) atoms. The van der Waals surface area contributed by atoms with Crippen LogP contribution in [0.5, 0.6) is 0 Å². The van der Waals surface area contributed by atoms with Crippen LogP contribution < -0.4 is 0 Å². The molecule has 2 aromatic heterocycles. The predicted molar refractivity (Wildman–Crippen MR) is 82.2 cm³/mol. The summed E-state index contributed by atoms with van der Waals surface area (Å²) in [6.07, 6.45) is 7.37. The number of carbonyl (C=O) groups is 1. The van der Waals surface area contributed by atoms with E-state index in [0.29, 0.717) is 6.54 Å². The van der Waals surface area contributed by atoms with E-state index in [9.17, 15) is 4.79 Å². The average Bonchev–Trinajstić information content (AvgIpc) is 3.17. The van der Waals surface area contributed by atoms with Crippen LogP contribution >= 0.6 is 0 Å². The maximum atomic E-state index is 12.2. The fourth-order valence-corrected chi connectivity index (χ4v) is 2.74. The molecule has 0 unspecified atom stereocenters.